The molecule has 0 saturated heterocycles. The lowest BCUT2D eigenvalue weighted by Gasteiger charge is -2.28. The van der Waals surface area contributed by atoms with Crippen molar-refractivity contribution < 1.29 is 42.1 Å². The van der Waals surface area contributed by atoms with Gasteiger partial charge >= 0.3 is 11.9 Å². The zero-order valence-corrected chi connectivity index (χ0v) is 40.5. The van der Waals surface area contributed by atoms with Gasteiger partial charge in [0.1, 0.15) is 19.8 Å². The zero-order chi connectivity index (χ0) is 45.0. The highest BCUT2D eigenvalue weighted by atomic mass is 31.2. The lowest BCUT2D eigenvalue weighted by molar-refractivity contribution is -0.870. The van der Waals surface area contributed by atoms with E-state index in [4.69, 9.17) is 18.5 Å². The maximum Gasteiger partial charge on any atom is 0.306 e. The molecule has 0 aliphatic rings. The molecule has 0 radical (unpaired) electrons. The molecule has 0 aliphatic heterocycles. The quantitative estimate of drug-likeness (QED) is 0.0196. The van der Waals surface area contributed by atoms with E-state index < -0.39 is 32.5 Å². The number of nitrogens with zero attached hydrogens (tertiary/aromatic N) is 1. The van der Waals surface area contributed by atoms with Gasteiger partial charge in [0.25, 0.3) is 7.82 Å². The number of esters is 2. The number of phosphoric acid groups is 1. The highest BCUT2D eigenvalue weighted by Crippen LogP contribution is 2.38. The Morgan fingerprint density at radius 1 is 0.525 bits per heavy atom. The molecule has 0 rings (SSSR count). The van der Waals surface area contributed by atoms with Crippen molar-refractivity contribution in [3.05, 3.63) is 72.9 Å². The molecule has 10 heteroatoms. The Morgan fingerprint density at radius 3 is 1.36 bits per heavy atom. The average Bonchev–Trinajstić information content (AvgIpc) is 3.21. The maximum absolute atomic E-state index is 12.7. The Balaban J connectivity index is 4.41. The second-order valence-corrected chi connectivity index (χ2v) is 18.5. The van der Waals surface area contributed by atoms with Gasteiger partial charge in [-0.2, -0.15) is 0 Å². The molecule has 0 amide bonds. The Kier molecular flexibility index (Phi) is 40.9. The molecule has 0 heterocycles. The molecule has 9 nitrogen and oxygen atoms in total. The molecular formula is C51H90NO8P. The first-order chi connectivity index (χ1) is 29.5. The van der Waals surface area contributed by atoms with Crippen molar-refractivity contribution in [3.63, 3.8) is 0 Å². The second-order valence-electron chi connectivity index (χ2n) is 17.1. The number of quaternary nitrogens is 1. The largest absolute Gasteiger partial charge is 0.756 e. The molecule has 2 atom stereocenters. The highest BCUT2D eigenvalue weighted by Gasteiger charge is 2.21. The number of phosphoric ester groups is 1. The third kappa shape index (κ3) is 46.8. The van der Waals surface area contributed by atoms with Crippen LogP contribution in [0.25, 0.3) is 0 Å². The van der Waals surface area contributed by atoms with Gasteiger partial charge in [-0.25, -0.2) is 0 Å². The summed E-state index contributed by atoms with van der Waals surface area (Å²) in [5.74, 6) is -0.931. The van der Waals surface area contributed by atoms with Crippen LogP contribution in [0.4, 0.5) is 0 Å². The number of ether oxygens (including phenoxy) is 2. The van der Waals surface area contributed by atoms with Crippen LogP contribution in [0.5, 0.6) is 0 Å². The zero-order valence-electron chi connectivity index (χ0n) is 39.6. The van der Waals surface area contributed by atoms with E-state index in [1.54, 1.807) is 0 Å². The topological polar surface area (TPSA) is 111 Å². The fourth-order valence-electron chi connectivity index (χ4n) is 6.27. The first kappa shape index (κ1) is 58.5. The fraction of sp³-hybridized carbons (Fsp3) is 0.725. The molecule has 1 unspecified atom stereocenters. The van der Waals surface area contributed by atoms with Crippen molar-refractivity contribution >= 4 is 19.8 Å². The first-order valence-corrected chi connectivity index (χ1v) is 25.6. The summed E-state index contributed by atoms with van der Waals surface area (Å²) >= 11 is 0. The predicted molar refractivity (Wildman–Crippen MR) is 254 cm³/mol. The Labute approximate surface area is 374 Å². The molecule has 0 aromatic carbocycles. The van der Waals surface area contributed by atoms with E-state index in [0.29, 0.717) is 17.4 Å². The minimum absolute atomic E-state index is 0.0466. The summed E-state index contributed by atoms with van der Waals surface area (Å²) in [5.41, 5.74) is 0. The maximum atomic E-state index is 12.7. The minimum atomic E-state index is -4.65. The van der Waals surface area contributed by atoms with Crippen molar-refractivity contribution in [2.45, 2.75) is 193 Å². The van der Waals surface area contributed by atoms with Crippen LogP contribution in [0, 0.1) is 0 Å². The molecule has 0 bridgehead atoms. The van der Waals surface area contributed by atoms with Crippen molar-refractivity contribution in [2.75, 3.05) is 47.5 Å². The summed E-state index contributed by atoms with van der Waals surface area (Å²) in [6.45, 7) is 4.04. The van der Waals surface area contributed by atoms with Gasteiger partial charge in [0.05, 0.1) is 27.7 Å². The predicted octanol–water partition coefficient (Wildman–Crippen LogP) is 13.6. The van der Waals surface area contributed by atoms with Crippen molar-refractivity contribution in [1.29, 1.82) is 0 Å². The van der Waals surface area contributed by atoms with Gasteiger partial charge in [-0.1, -0.05) is 196 Å². The number of unbranched alkanes of at least 4 members (excludes halogenated alkanes) is 17. The van der Waals surface area contributed by atoms with E-state index in [0.717, 1.165) is 57.8 Å². The van der Waals surface area contributed by atoms with Crippen LogP contribution in [-0.2, 0) is 32.7 Å². The molecule has 0 aromatic rings. The van der Waals surface area contributed by atoms with Crippen molar-refractivity contribution in [1.82, 2.24) is 0 Å². The summed E-state index contributed by atoms with van der Waals surface area (Å²) in [5, 5.41) is 0. The number of rotatable bonds is 43. The van der Waals surface area contributed by atoms with E-state index in [1.807, 2.05) is 33.3 Å². The Hall–Kier alpha value is -2.55. The number of hydrogen-bond donors (Lipinski definition) is 0. The van der Waals surface area contributed by atoms with Crippen molar-refractivity contribution in [2.24, 2.45) is 0 Å². The Bertz CT molecular complexity index is 1270. The van der Waals surface area contributed by atoms with E-state index in [2.05, 4.69) is 74.6 Å². The third-order valence-electron chi connectivity index (χ3n) is 10.0. The first-order valence-electron chi connectivity index (χ1n) is 24.1. The average molecular weight is 876 g/mol. The molecule has 0 saturated carbocycles. The lowest BCUT2D eigenvalue weighted by Crippen LogP contribution is -2.37. The number of carbonyl (C=O) groups is 2. The summed E-state index contributed by atoms with van der Waals surface area (Å²) in [6.07, 6.45) is 53.8. The fourth-order valence-corrected chi connectivity index (χ4v) is 7.00. The van der Waals surface area contributed by atoms with Crippen LogP contribution in [-0.4, -0.2) is 70.0 Å². The van der Waals surface area contributed by atoms with E-state index in [9.17, 15) is 19.0 Å². The van der Waals surface area contributed by atoms with Gasteiger partial charge < -0.3 is 27.9 Å². The lowest BCUT2D eigenvalue weighted by atomic mass is 10.0. The van der Waals surface area contributed by atoms with Crippen molar-refractivity contribution in [3.8, 4) is 0 Å². The van der Waals surface area contributed by atoms with Crippen LogP contribution < -0.4 is 4.89 Å². The number of likely N-dealkylation sites (N-methyl/N-ethyl adjacent to an activating group) is 1. The molecule has 0 spiro atoms. The molecular weight excluding hydrogens is 786 g/mol. The summed E-state index contributed by atoms with van der Waals surface area (Å²) < 4.78 is 33.9. The van der Waals surface area contributed by atoms with E-state index >= 15 is 0 Å². The van der Waals surface area contributed by atoms with Crippen LogP contribution in [0.3, 0.4) is 0 Å². The smallest absolute Gasteiger partial charge is 0.306 e. The molecule has 0 aromatic heterocycles. The van der Waals surface area contributed by atoms with Gasteiger partial charge in [-0.15, -0.1) is 0 Å². The van der Waals surface area contributed by atoms with Gasteiger partial charge in [-0.3, -0.25) is 14.2 Å². The van der Waals surface area contributed by atoms with Crippen LogP contribution in [0.2, 0.25) is 0 Å². The molecule has 0 fully saturated rings. The van der Waals surface area contributed by atoms with E-state index in [-0.39, 0.29) is 26.1 Å². The van der Waals surface area contributed by atoms with Gasteiger partial charge in [-0.05, 0) is 51.4 Å². The normalized spacial score (nSPS) is 14.1. The molecule has 61 heavy (non-hydrogen) atoms. The monoisotopic (exact) mass is 876 g/mol. The summed E-state index contributed by atoms with van der Waals surface area (Å²) in [6, 6.07) is 0. The van der Waals surface area contributed by atoms with Gasteiger partial charge in [0.15, 0.2) is 6.10 Å². The van der Waals surface area contributed by atoms with Crippen LogP contribution in [0.1, 0.15) is 187 Å². The summed E-state index contributed by atoms with van der Waals surface area (Å²) in [7, 11) is 1.11. The highest BCUT2D eigenvalue weighted by molar-refractivity contribution is 7.45. The van der Waals surface area contributed by atoms with Crippen LogP contribution >= 0.6 is 7.82 Å². The minimum Gasteiger partial charge on any atom is -0.756 e. The number of carbonyl (C=O) groups excluding carboxylic acids is 2. The molecule has 0 N–H and O–H groups in total. The third-order valence-corrected chi connectivity index (χ3v) is 11.0. The van der Waals surface area contributed by atoms with Gasteiger partial charge in [0, 0.05) is 12.8 Å². The Morgan fingerprint density at radius 2 is 0.934 bits per heavy atom. The van der Waals surface area contributed by atoms with E-state index in [1.165, 1.54) is 96.3 Å². The van der Waals surface area contributed by atoms with Gasteiger partial charge in [0.2, 0.25) is 0 Å². The van der Waals surface area contributed by atoms with Crippen LogP contribution in [0.15, 0.2) is 72.9 Å². The second kappa shape index (κ2) is 42.7. The number of hydrogen-bond acceptors (Lipinski definition) is 8. The molecule has 352 valence electrons. The number of allylic oxidation sites excluding steroid dienone is 12. The molecule has 0 aliphatic carbocycles. The SMILES string of the molecule is CC/C=C/C/C=C/C/C=C/C/C=C/C/C=C/C/C=C/CCC(=O)O[C@H](COC(=O)CCCCCCCCCCCCCCCCCCCC)COP(=O)([O-])OCC[N+](C)(C)C. The standard InChI is InChI=1S/C51H90NO8P/c1-6-8-10-12-14-16-18-20-22-24-26-28-30-32-34-36-38-40-42-44-51(54)60-49(48-59-61(55,56)58-46-45-52(3,4)5)47-57-50(53)43-41-39-37-35-33-31-29-27-25-23-21-19-17-15-13-11-9-7-2/h8,10,14,16,20,22,26,28,32,34,38,40,49H,6-7,9,11-13,15,17-19,21,23-25,27,29-31,33,35-37,39,41-48H2,1-5H3/b10-8+,16-14+,22-20+,28-26+,34-32+,40-38+/t49-/m1/s1. The summed E-state index contributed by atoms with van der Waals surface area (Å²) in [4.78, 5) is 37.6.